The molecule has 0 bridgehead atoms. The maximum absolute atomic E-state index is 13.4. The van der Waals surface area contributed by atoms with Crippen LogP contribution in [0.4, 0.5) is 13.2 Å². The molecule has 1 aromatic heterocycles. The van der Waals surface area contributed by atoms with Gasteiger partial charge in [0.25, 0.3) is 0 Å². The largest absolute Gasteiger partial charge is 0.466 e. The summed E-state index contributed by atoms with van der Waals surface area (Å²) >= 11 is 0. The van der Waals surface area contributed by atoms with E-state index in [1.807, 2.05) is 24.3 Å². The molecule has 1 atom stereocenters. The van der Waals surface area contributed by atoms with Crippen molar-refractivity contribution in [3.8, 4) is 0 Å². The second-order valence-electron chi connectivity index (χ2n) is 7.04. The first kappa shape index (κ1) is 20.4. The summed E-state index contributed by atoms with van der Waals surface area (Å²) in [7, 11) is 0. The van der Waals surface area contributed by atoms with Gasteiger partial charge in [-0.05, 0) is 49.2 Å². The maximum atomic E-state index is 13.4. The minimum atomic E-state index is -5.05. The summed E-state index contributed by atoms with van der Waals surface area (Å²) in [6, 6.07) is 9.76. The van der Waals surface area contributed by atoms with E-state index >= 15 is 0 Å². The van der Waals surface area contributed by atoms with Crippen LogP contribution < -0.4 is 5.32 Å². The maximum Gasteiger partial charge on any atom is 0.425 e. The second kappa shape index (κ2) is 8.36. The SMILES string of the molecule is O=C(C[C@](O)(c1ccco1)C(F)(F)F)NCc1ccccc1CN1CCCC1. The van der Waals surface area contributed by atoms with Crippen LogP contribution in [0.2, 0.25) is 0 Å². The lowest BCUT2D eigenvalue weighted by Gasteiger charge is -2.28. The monoisotopic (exact) mass is 396 g/mol. The first-order valence-electron chi connectivity index (χ1n) is 9.18. The Morgan fingerprint density at radius 2 is 1.79 bits per heavy atom. The van der Waals surface area contributed by atoms with E-state index in [0.29, 0.717) is 0 Å². The van der Waals surface area contributed by atoms with E-state index in [2.05, 4.69) is 10.2 Å². The number of amides is 1. The fraction of sp³-hybridized carbons (Fsp3) is 0.450. The summed E-state index contributed by atoms with van der Waals surface area (Å²) in [4.78, 5) is 14.5. The summed E-state index contributed by atoms with van der Waals surface area (Å²) in [5.41, 5.74) is -1.49. The number of halogens is 3. The predicted molar refractivity (Wildman–Crippen MR) is 96.1 cm³/mol. The number of carbonyl (C=O) groups excluding carboxylic acids is 1. The molecule has 0 unspecified atom stereocenters. The number of nitrogens with zero attached hydrogens (tertiary/aromatic N) is 1. The third kappa shape index (κ3) is 4.56. The molecule has 8 heteroatoms. The molecule has 1 aliphatic rings. The smallest absolute Gasteiger partial charge is 0.425 e. The van der Waals surface area contributed by atoms with E-state index in [-0.39, 0.29) is 6.54 Å². The van der Waals surface area contributed by atoms with Gasteiger partial charge in [0.2, 0.25) is 11.5 Å². The van der Waals surface area contributed by atoms with Gasteiger partial charge in [-0.3, -0.25) is 9.69 Å². The van der Waals surface area contributed by atoms with Gasteiger partial charge in [-0.15, -0.1) is 0 Å². The highest BCUT2D eigenvalue weighted by atomic mass is 19.4. The van der Waals surface area contributed by atoms with E-state index in [0.717, 1.165) is 55.9 Å². The van der Waals surface area contributed by atoms with Crippen molar-refractivity contribution in [3.05, 3.63) is 59.5 Å². The summed E-state index contributed by atoms with van der Waals surface area (Å²) in [6.45, 7) is 2.87. The molecule has 1 fully saturated rings. The number of benzene rings is 1. The third-order valence-corrected chi connectivity index (χ3v) is 5.00. The summed E-state index contributed by atoms with van der Waals surface area (Å²) in [5, 5.41) is 12.6. The van der Waals surface area contributed by atoms with Crippen LogP contribution in [-0.4, -0.2) is 35.2 Å². The van der Waals surface area contributed by atoms with Gasteiger partial charge < -0.3 is 14.8 Å². The molecule has 1 aliphatic heterocycles. The number of carbonyl (C=O) groups is 1. The molecule has 0 radical (unpaired) electrons. The van der Waals surface area contributed by atoms with Gasteiger partial charge in [-0.25, -0.2) is 0 Å². The predicted octanol–water partition coefficient (Wildman–Crippen LogP) is 3.33. The Kier molecular flexibility index (Phi) is 6.10. The number of rotatable bonds is 7. The van der Waals surface area contributed by atoms with Crippen LogP contribution in [0, 0.1) is 0 Å². The first-order chi connectivity index (χ1) is 13.3. The quantitative estimate of drug-likeness (QED) is 0.754. The highest BCUT2D eigenvalue weighted by Crippen LogP contribution is 2.41. The number of hydrogen-bond donors (Lipinski definition) is 2. The summed E-state index contributed by atoms with van der Waals surface area (Å²) in [6.07, 6.45) is -2.88. The molecule has 1 amide bonds. The van der Waals surface area contributed by atoms with Gasteiger partial charge in [-0.1, -0.05) is 24.3 Å². The molecule has 1 saturated heterocycles. The summed E-state index contributed by atoms with van der Waals surface area (Å²) < 4.78 is 44.9. The van der Waals surface area contributed by atoms with Crippen molar-refractivity contribution >= 4 is 5.91 Å². The topological polar surface area (TPSA) is 65.7 Å². The van der Waals surface area contributed by atoms with Gasteiger partial charge in [0.1, 0.15) is 5.76 Å². The zero-order chi connectivity index (χ0) is 20.2. The Bertz CT molecular complexity index is 786. The second-order valence-corrected chi connectivity index (χ2v) is 7.04. The minimum absolute atomic E-state index is 0.0922. The van der Waals surface area contributed by atoms with Crippen LogP contribution in [0.3, 0.4) is 0 Å². The molecule has 28 heavy (non-hydrogen) atoms. The van der Waals surface area contributed by atoms with Gasteiger partial charge in [0.05, 0.1) is 12.7 Å². The van der Waals surface area contributed by atoms with Gasteiger partial charge in [0.15, 0.2) is 0 Å². The van der Waals surface area contributed by atoms with Crippen molar-refractivity contribution in [2.45, 2.75) is 44.1 Å². The van der Waals surface area contributed by atoms with Gasteiger partial charge in [-0.2, -0.15) is 13.2 Å². The molecule has 2 heterocycles. The first-order valence-corrected chi connectivity index (χ1v) is 9.18. The molecule has 2 aromatic rings. The Labute approximate surface area is 161 Å². The lowest BCUT2D eigenvalue weighted by Crippen LogP contribution is -2.46. The van der Waals surface area contributed by atoms with Crippen molar-refractivity contribution < 1.29 is 27.5 Å². The Morgan fingerprint density at radius 3 is 2.39 bits per heavy atom. The fourth-order valence-electron chi connectivity index (χ4n) is 3.40. The molecular formula is C20H23F3N2O3. The molecule has 1 aromatic carbocycles. The fourth-order valence-corrected chi connectivity index (χ4v) is 3.40. The zero-order valence-corrected chi connectivity index (χ0v) is 15.3. The highest BCUT2D eigenvalue weighted by molar-refractivity contribution is 5.77. The minimum Gasteiger partial charge on any atom is -0.466 e. The van der Waals surface area contributed by atoms with Crippen molar-refractivity contribution in [2.75, 3.05) is 13.1 Å². The van der Waals surface area contributed by atoms with E-state index in [4.69, 9.17) is 4.42 Å². The molecule has 3 rings (SSSR count). The number of furan rings is 1. The van der Waals surface area contributed by atoms with Crippen LogP contribution in [0.5, 0.6) is 0 Å². The van der Waals surface area contributed by atoms with Crippen LogP contribution in [0.25, 0.3) is 0 Å². The van der Waals surface area contributed by atoms with Gasteiger partial charge in [0, 0.05) is 13.1 Å². The number of nitrogens with one attached hydrogen (secondary N) is 1. The van der Waals surface area contributed by atoms with Crippen molar-refractivity contribution in [2.24, 2.45) is 0 Å². The molecule has 152 valence electrons. The highest BCUT2D eigenvalue weighted by Gasteiger charge is 2.58. The normalized spacial score (nSPS) is 17.4. The molecule has 5 nitrogen and oxygen atoms in total. The average Bonchev–Trinajstić information content (AvgIpc) is 3.34. The van der Waals surface area contributed by atoms with Crippen LogP contribution >= 0.6 is 0 Å². The number of hydrogen-bond acceptors (Lipinski definition) is 4. The van der Waals surface area contributed by atoms with E-state index in [1.54, 1.807) is 0 Å². The lowest BCUT2D eigenvalue weighted by atomic mass is 9.95. The number of alkyl halides is 3. The molecule has 0 aliphatic carbocycles. The standard InChI is InChI=1S/C20H23F3N2O3/c21-20(22,23)19(27,17-8-5-11-28-17)12-18(26)24-13-15-6-1-2-7-16(15)14-25-9-3-4-10-25/h1-2,5-8,11,27H,3-4,9-10,12-14H2,(H,24,26)/t19-/m0/s1. The van der Waals surface area contributed by atoms with Crippen molar-refractivity contribution in [3.63, 3.8) is 0 Å². The van der Waals surface area contributed by atoms with Gasteiger partial charge >= 0.3 is 6.18 Å². The number of aliphatic hydroxyl groups is 1. The Morgan fingerprint density at radius 1 is 1.11 bits per heavy atom. The lowest BCUT2D eigenvalue weighted by molar-refractivity contribution is -0.273. The van der Waals surface area contributed by atoms with E-state index < -0.39 is 29.9 Å². The zero-order valence-electron chi connectivity index (χ0n) is 15.3. The third-order valence-electron chi connectivity index (χ3n) is 5.00. The Hall–Kier alpha value is -2.32. The average molecular weight is 396 g/mol. The number of likely N-dealkylation sites (tertiary alicyclic amines) is 1. The van der Waals surface area contributed by atoms with E-state index in [1.165, 1.54) is 6.07 Å². The summed E-state index contributed by atoms with van der Waals surface area (Å²) in [5.74, 6) is -1.61. The van der Waals surface area contributed by atoms with E-state index in [9.17, 15) is 23.1 Å². The van der Waals surface area contributed by atoms with Crippen molar-refractivity contribution in [1.82, 2.24) is 10.2 Å². The van der Waals surface area contributed by atoms with Crippen LogP contribution in [-0.2, 0) is 23.5 Å². The molecule has 2 N–H and O–H groups in total. The van der Waals surface area contributed by atoms with Crippen LogP contribution in [0.15, 0.2) is 47.1 Å². The molecule has 0 spiro atoms. The molecular weight excluding hydrogens is 373 g/mol. The van der Waals surface area contributed by atoms with Crippen molar-refractivity contribution in [1.29, 1.82) is 0 Å². The van der Waals surface area contributed by atoms with Crippen LogP contribution in [0.1, 0.15) is 36.1 Å². The molecule has 0 saturated carbocycles. The Balaban J connectivity index is 1.65.